The Balaban J connectivity index is 2.43. The van der Waals surface area contributed by atoms with Gasteiger partial charge in [-0.15, -0.1) is 0 Å². The van der Waals surface area contributed by atoms with Crippen molar-refractivity contribution in [2.24, 2.45) is 0 Å². The van der Waals surface area contributed by atoms with Gasteiger partial charge in [0.1, 0.15) is 0 Å². The maximum atomic E-state index is 10.9. The molecule has 0 saturated heterocycles. The lowest BCUT2D eigenvalue weighted by molar-refractivity contribution is 0.0972. The fourth-order valence-corrected chi connectivity index (χ4v) is 1.89. The number of hydrogen-bond acceptors (Lipinski definition) is 5. The minimum absolute atomic E-state index is 0.0607. The Labute approximate surface area is 84.6 Å². The second-order valence-corrected chi connectivity index (χ2v) is 3.69. The van der Waals surface area contributed by atoms with E-state index in [0.717, 1.165) is 11.1 Å². The molecule has 0 radical (unpaired) electrons. The van der Waals surface area contributed by atoms with Gasteiger partial charge in [0.2, 0.25) is 11.6 Å². The zero-order valence-corrected chi connectivity index (χ0v) is 8.59. The Bertz CT molecular complexity index is 473. The van der Waals surface area contributed by atoms with E-state index in [4.69, 9.17) is 4.52 Å². The van der Waals surface area contributed by atoms with Crippen LogP contribution in [0.25, 0.3) is 11.4 Å². The third-order valence-electron chi connectivity index (χ3n) is 1.82. The summed E-state index contributed by atoms with van der Waals surface area (Å²) in [6.45, 7) is 3.37. The van der Waals surface area contributed by atoms with E-state index in [9.17, 15) is 4.79 Å². The predicted octanol–water partition coefficient (Wildman–Crippen LogP) is 2.31. The molecule has 0 aromatic carbocycles. The molecule has 5 heteroatoms. The number of carbonyl (C=O) groups is 1. The van der Waals surface area contributed by atoms with E-state index in [2.05, 4.69) is 10.1 Å². The molecule has 0 fully saturated rings. The van der Waals surface area contributed by atoms with Crippen LogP contribution < -0.4 is 0 Å². The first-order chi connectivity index (χ1) is 6.68. The average molecular weight is 208 g/mol. The highest BCUT2D eigenvalue weighted by Gasteiger charge is 2.13. The standard InChI is InChI=1S/C9H8N2O2S/c1-5-3-14-4-7(5)8-10-9(6(2)12)13-11-8/h3-4H,1-2H3. The van der Waals surface area contributed by atoms with Gasteiger partial charge in [-0.05, 0) is 17.9 Å². The molecular formula is C9H8N2O2S. The summed E-state index contributed by atoms with van der Waals surface area (Å²) in [6.07, 6.45) is 0. The number of hydrogen-bond donors (Lipinski definition) is 0. The van der Waals surface area contributed by atoms with Crippen molar-refractivity contribution in [1.82, 2.24) is 10.1 Å². The molecule has 2 heterocycles. The lowest BCUT2D eigenvalue weighted by Gasteiger charge is -1.88. The van der Waals surface area contributed by atoms with Crippen LogP contribution in [0.2, 0.25) is 0 Å². The Hall–Kier alpha value is -1.49. The van der Waals surface area contributed by atoms with Gasteiger partial charge >= 0.3 is 0 Å². The van der Waals surface area contributed by atoms with Crippen LogP contribution in [0.15, 0.2) is 15.3 Å². The van der Waals surface area contributed by atoms with Crippen LogP contribution in [0, 0.1) is 6.92 Å². The SMILES string of the molecule is CC(=O)c1nc(-c2cscc2C)no1. The summed E-state index contributed by atoms with van der Waals surface area (Å²) in [7, 11) is 0. The van der Waals surface area contributed by atoms with Gasteiger partial charge in [0.25, 0.3) is 5.89 Å². The van der Waals surface area contributed by atoms with Crippen LogP contribution in [-0.4, -0.2) is 15.9 Å². The molecule has 0 spiro atoms. The normalized spacial score (nSPS) is 10.4. The topological polar surface area (TPSA) is 56.0 Å². The Kier molecular flexibility index (Phi) is 2.17. The first kappa shape index (κ1) is 9.08. The highest BCUT2D eigenvalue weighted by Crippen LogP contribution is 2.23. The molecule has 0 bridgehead atoms. The van der Waals surface area contributed by atoms with E-state index in [1.807, 2.05) is 17.7 Å². The van der Waals surface area contributed by atoms with E-state index < -0.39 is 0 Å². The fraction of sp³-hybridized carbons (Fsp3) is 0.222. The number of aryl methyl sites for hydroxylation is 1. The molecular weight excluding hydrogens is 200 g/mol. The highest BCUT2D eigenvalue weighted by atomic mass is 32.1. The monoisotopic (exact) mass is 208 g/mol. The van der Waals surface area contributed by atoms with E-state index in [1.54, 1.807) is 11.3 Å². The number of Topliss-reactive ketones (excluding diaryl/α,β-unsaturated/α-hetero) is 1. The zero-order valence-electron chi connectivity index (χ0n) is 7.77. The van der Waals surface area contributed by atoms with Gasteiger partial charge in [-0.3, -0.25) is 4.79 Å². The lowest BCUT2D eigenvalue weighted by atomic mass is 10.2. The maximum Gasteiger partial charge on any atom is 0.294 e. The molecule has 2 aromatic heterocycles. The molecule has 0 aliphatic heterocycles. The number of thiophene rings is 1. The molecule has 2 rings (SSSR count). The van der Waals surface area contributed by atoms with Crippen LogP contribution in [0.5, 0.6) is 0 Å². The first-order valence-electron chi connectivity index (χ1n) is 4.06. The minimum atomic E-state index is -0.211. The number of aromatic nitrogens is 2. The van der Waals surface area contributed by atoms with E-state index in [-0.39, 0.29) is 11.7 Å². The molecule has 14 heavy (non-hydrogen) atoms. The molecule has 0 aliphatic rings. The van der Waals surface area contributed by atoms with Gasteiger partial charge in [-0.2, -0.15) is 16.3 Å². The predicted molar refractivity (Wildman–Crippen MR) is 52.4 cm³/mol. The molecule has 72 valence electrons. The zero-order chi connectivity index (χ0) is 10.1. The van der Waals surface area contributed by atoms with Gasteiger partial charge in [0.15, 0.2) is 0 Å². The summed E-state index contributed by atoms with van der Waals surface area (Å²) in [6, 6.07) is 0. The number of carbonyl (C=O) groups excluding carboxylic acids is 1. The van der Waals surface area contributed by atoms with Crippen molar-refractivity contribution >= 4 is 17.1 Å². The van der Waals surface area contributed by atoms with Crippen LogP contribution in [0.1, 0.15) is 23.2 Å². The Morgan fingerprint density at radius 1 is 1.50 bits per heavy atom. The molecule has 0 amide bonds. The Morgan fingerprint density at radius 3 is 2.79 bits per heavy atom. The van der Waals surface area contributed by atoms with Crippen molar-refractivity contribution in [3.05, 3.63) is 22.2 Å². The largest absolute Gasteiger partial charge is 0.330 e. The first-order valence-corrected chi connectivity index (χ1v) is 5.00. The second-order valence-electron chi connectivity index (χ2n) is 2.95. The smallest absolute Gasteiger partial charge is 0.294 e. The van der Waals surface area contributed by atoms with Crippen molar-refractivity contribution in [2.45, 2.75) is 13.8 Å². The molecule has 2 aromatic rings. The van der Waals surface area contributed by atoms with Crippen LogP contribution in [0.4, 0.5) is 0 Å². The summed E-state index contributed by atoms with van der Waals surface area (Å²) in [4.78, 5) is 14.9. The van der Waals surface area contributed by atoms with Crippen LogP contribution in [0.3, 0.4) is 0 Å². The summed E-state index contributed by atoms with van der Waals surface area (Å²) < 4.78 is 4.80. The van der Waals surface area contributed by atoms with Crippen LogP contribution in [-0.2, 0) is 0 Å². The van der Waals surface area contributed by atoms with Gasteiger partial charge in [-0.25, -0.2) is 0 Å². The maximum absolute atomic E-state index is 10.9. The van der Waals surface area contributed by atoms with Crippen molar-refractivity contribution in [1.29, 1.82) is 0 Å². The van der Waals surface area contributed by atoms with Crippen LogP contribution >= 0.6 is 11.3 Å². The van der Waals surface area contributed by atoms with Gasteiger partial charge in [0, 0.05) is 17.9 Å². The molecule has 0 saturated carbocycles. The quantitative estimate of drug-likeness (QED) is 0.710. The van der Waals surface area contributed by atoms with Crippen molar-refractivity contribution < 1.29 is 9.32 Å². The van der Waals surface area contributed by atoms with Crippen molar-refractivity contribution in [3.63, 3.8) is 0 Å². The van der Waals surface area contributed by atoms with Gasteiger partial charge in [-0.1, -0.05) is 5.16 Å². The van der Waals surface area contributed by atoms with E-state index in [1.165, 1.54) is 6.92 Å². The summed E-state index contributed by atoms with van der Waals surface area (Å²) in [5.41, 5.74) is 2.01. The lowest BCUT2D eigenvalue weighted by Crippen LogP contribution is -1.91. The fourth-order valence-electron chi connectivity index (χ4n) is 1.07. The molecule has 0 unspecified atom stereocenters. The average Bonchev–Trinajstić information content (AvgIpc) is 2.71. The number of ketones is 1. The third kappa shape index (κ3) is 1.46. The molecule has 0 aliphatic carbocycles. The second kappa shape index (κ2) is 3.34. The van der Waals surface area contributed by atoms with E-state index >= 15 is 0 Å². The molecule has 0 N–H and O–H groups in total. The van der Waals surface area contributed by atoms with Gasteiger partial charge < -0.3 is 4.52 Å². The van der Waals surface area contributed by atoms with Crippen molar-refractivity contribution in [3.8, 4) is 11.4 Å². The highest BCUT2D eigenvalue weighted by molar-refractivity contribution is 7.08. The third-order valence-corrected chi connectivity index (χ3v) is 2.69. The number of nitrogens with zero attached hydrogens (tertiary/aromatic N) is 2. The minimum Gasteiger partial charge on any atom is -0.330 e. The summed E-state index contributed by atoms with van der Waals surface area (Å²) >= 11 is 1.57. The summed E-state index contributed by atoms with van der Waals surface area (Å²) in [5.74, 6) is 0.330. The number of rotatable bonds is 2. The van der Waals surface area contributed by atoms with Crippen molar-refractivity contribution in [2.75, 3.05) is 0 Å². The van der Waals surface area contributed by atoms with Gasteiger partial charge in [0.05, 0.1) is 0 Å². The van der Waals surface area contributed by atoms with E-state index in [0.29, 0.717) is 5.82 Å². The summed E-state index contributed by atoms with van der Waals surface area (Å²) in [5, 5.41) is 7.67. The molecule has 4 nitrogen and oxygen atoms in total. The Morgan fingerprint density at radius 2 is 2.29 bits per heavy atom. The molecule has 0 atom stereocenters.